The average Bonchev–Trinajstić information content (AvgIpc) is 3.24. The van der Waals surface area contributed by atoms with Crippen molar-refractivity contribution in [1.82, 2.24) is 10.2 Å². The number of hydrogen-bond donors (Lipinski definition) is 1. The van der Waals surface area contributed by atoms with Crippen LogP contribution in [0.25, 0.3) is 0 Å². The second-order valence-electron chi connectivity index (χ2n) is 13.1. The molecule has 1 saturated heterocycles. The molecule has 2 atom stereocenters. The fourth-order valence-corrected chi connectivity index (χ4v) is 4.64. The van der Waals surface area contributed by atoms with Gasteiger partial charge in [-0.2, -0.15) is 13.2 Å². The largest absolute Gasteiger partial charge is 0.493 e. The Balaban J connectivity index is 2.14. The molecule has 11 heteroatoms. The zero-order valence-electron chi connectivity index (χ0n) is 26.2. The predicted molar refractivity (Wildman–Crippen MR) is 153 cm³/mol. The first-order chi connectivity index (χ1) is 19.3. The molecule has 0 spiro atoms. The minimum atomic E-state index is -4.74. The molecule has 1 heterocycles. The van der Waals surface area contributed by atoms with E-state index in [9.17, 15) is 27.6 Å². The summed E-state index contributed by atoms with van der Waals surface area (Å²) in [6.07, 6.45) is -0.462. The Hall–Kier alpha value is -2.82. The summed E-state index contributed by atoms with van der Waals surface area (Å²) in [6, 6.07) is 3.08. The minimum absolute atomic E-state index is 0.133. The topological polar surface area (TPSA) is 94.2 Å². The molecule has 0 aliphatic carbocycles. The molecule has 2 amide bonds. The molecule has 1 aromatic carbocycles. The van der Waals surface area contributed by atoms with Crippen LogP contribution in [0.4, 0.5) is 18.0 Å². The lowest BCUT2D eigenvalue weighted by Crippen LogP contribution is -2.60. The van der Waals surface area contributed by atoms with E-state index in [4.69, 9.17) is 14.2 Å². The average molecular weight is 601 g/mol. The molecule has 0 saturated carbocycles. The van der Waals surface area contributed by atoms with Crippen molar-refractivity contribution in [2.45, 2.75) is 117 Å². The molecule has 1 N–H and O–H groups in total. The minimum Gasteiger partial charge on any atom is -0.493 e. The molecular formula is C31H47F3N2O6. The SMILES string of the molecule is CCCCCCCCOc1ccc(C(=O)NCC(=O)[C@]2(C)CO[C@H](C(C)(C)C)N2C(=O)OC(C)(C)C)cc1C(F)(F)F. The third kappa shape index (κ3) is 9.61. The van der Waals surface area contributed by atoms with Crippen molar-refractivity contribution >= 4 is 17.8 Å². The van der Waals surface area contributed by atoms with Gasteiger partial charge in [-0.3, -0.25) is 14.5 Å². The van der Waals surface area contributed by atoms with Crippen LogP contribution < -0.4 is 10.1 Å². The summed E-state index contributed by atoms with van der Waals surface area (Å²) in [5.74, 6) is -1.76. The van der Waals surface area contributed by atoms with E-state index in [1.54, 1.807) is 20.8 Å². The molecule has 1 aromatic rings. The summed E-state index contributed by atoms with van der Waals surface area (Å²) in [7, 11) is 0. The maximum absolute atomic E-state index is 13.8. The second kappa shape index (κ2) is 14.1. The molecule has 1 fully saturated rings. The van der Waals surface area contributed by atoms with E-state index in [1.807, 2.05) is 20.8 Å². The molecule has 0 radical (unpaired) electrons. The number of ether oxygens (including phenoxy) is 3. The molecule has 238 valence electrons. The molecule has 2 rings (SSSR count). The van der Waals surface area contributed by atoms with Gasteiger partial charge in [-0.25, -0.2) is 4.79 Å². The van der Waals surface area contributed by atoms with E-state index in [2.05, 4.69) is 12.2 Å². The number of carbonyl (C=O) groups excluding carboxylic acids is 3. The van der Waals surface area contributed by atoms with Crippen molar-refractivity contribution in [3.63, 3.8) is 0 Å². The molecular weight excluding hydrogens is 553 g/mol. The van der Waals surface area contributed by atoms with Crippen LogP contribution in [0.5, 0.6) is 5.75 Å². The number of rotatable bonds is 12. The third-order valence-corrected chi connectivity index (χ3v) is 6.93. The maximum atomic E-state index is 13.8. The second-order valence-corrected chi connectivity index (χ2v) is 13.1. The molecule has 0 unspecified atom stereocenters. The fraction of sp³-hybridized carbons (Fsp3) is 0.710. The van der Waals surface area contributed by atoms with Gasteiger partial charge in [0.2, 0.25) is 0 Å². The van der Waals surface area contributed by atoms with Crippen LogP contribution >= 0.6 is 0 Å². The van der Waals surface area contributed by atoms with Gasteiger partial charge >= 0.3 is 12.3 Å². The molecule has 42 heavy (non-hydrogen) atoms. The first-order valence-electron chi connectivity index (χ1n) is 14.6. The van der Waals surface area contributed by atoms with E-state index in [0.29, 0.717) is 6.42 Å². The number of amides is 2. The highest BCUT2D eigenvalue weighted by Gasteiger charge is 2.55. The van der Waals surface area contributed by atoms with E-state index < -0.39 is 58.9 Å². The number of nitrogens with zero attached hydrogens (tertiary/aromatic N) is 1. The Morgan fingerprint density at radius 2 is 1.64 bits per heavy atom. The first kappa shape index (κ1) is 35.4. The van der Waals surface area contributed by atoms with Crippen LogP contribution in [-0.4, -0.2) is 59.8 Å². The summed E-state index contributed by atoms with van der Waals surface area (Å²) in [4.78, 5) is 40.7. The molecule has 1 aliphatic rings. The highest BCUT2D eigenvalue weighted by Crippen LogP contribution is 2.39. The Morgan fingerprint density at radius 3 is 2.21 bits per heavy atom. The lowest BCUT2D eigenvalue weighted by Gasteiger charge is -2.40. The summed E-state index contributed by atoms with van der Waals surface area (Å²) in [6.45, 7) is 13.8. The zero-order chi connectivity index (χ0) is 31.9. The number of alkyl halides is 3. The number of nitrogens with one attached hydrogen (secondary N) is 1. The lowest BCUT2D eigenvalue weighted by atomic mass is 9.90. The van der Waals surface area contributed by atoms with Gasteiger partial charge in [0.05, 0.1) is 25.3 Å². The van der Waals surface area contributed by atoms with Crippen molar-refractivity contribution in [3.05, 3.63) is 29.3 Å². The Bertz CT molecular complexity index is 1090. The van der Waals surface area contributed by atoms with Crippen LogP contribution in [0, 0.1) is 5.41 Å². The summed E-state index contributed by atoms with van der Waals surface area (Å²) < 4.78 is 58.3. The van der Waals surface area contributed by atoms with Gasteiger partial charge in [0.25, 0.3) is 5.91 Å². The third-order valence-electron chi connectivity index (χ3n) is 6.93. The van der Waals surface area contributed by atoms with Crippen LogP contribution in [0.15, 0.2) is 18.2 Å². The molecule has 1 aliphatic heterocycles. The van der Waals surface area contributed by atoms with Crippen LogP contribution in [-0.2, 0) is 20.4 Å². The Kier molecular flexibility index (Phi) is 11.9. The highest BCUT2D eigenvalue weighted by atomic mass is 19.4. The van der Waals surface area contributed by atoms with Crippen molar-refractivity contribution in [1.29, 1.82) is 0 Å². The first-order valence-corrected chi connectivity index (χ1v) is 14.6. The quantitative estimate of drug-likeness (QED) is 0.256. The number of halogens is 3. The zero-order valence-corrected chi connectivity index (χ0v) is 26.2. The predicted octanol–water partition coefficient (Wildman–Crippen LogP) is 7.14. The number of carbonyl (C=O) groups is 3. The van der Waals surface area contributed by atoms with E-state index in [1.165, 1.54) is 17.9 Å². The molecule has 0 aromatic heterocycles. The summed E-state index contributed by atoms with van der Waals surface area (Å²) >= 11 is 0. The monoisotopic (exact) mass is 600 g/mol. The summed E-state index contributed by atoms with van der Waals surface area (Å²) in [5.41, 5.74) is -4.20. The Morgan fingerprint density at radius 1 is 1.02 bits per heavy atom. The molecule has 0 bridgehead atoms. The lowest BCUT2D eigenvalue weighted by molar-refractivity contribution is -0.139. The van der Waals surface area contributed by atoms with Gasteiger partial charge in [0.15, 0.2) is 5.78 Å². The normalized spacial score (nSPS) is 19.5. The van der Waals surface area contributed by atoms with Crippen molar-refractivity contribution in [2.75, 3.05) is 19.8 Å². The highest BCUT2D eigenvalue weighted by molar-refractivity contribution is 6.00. The number of hydrogen-bond acceptors (Lipinski definition) is 6. The fourth-order valence-electron chi connectivity index (χ4n) is 4.64. The van der Waals surface area contributed by atoms with Crippen LogP contribution in [0.2, 0.25) is 0 Å². The van der Waals surface area contributed by atoms with E-state index in [0.717, 1.165) is 44.2 Å². The van der Waals surface area contributed by atoms with Gasteiger partial charge in [0, 0.05) is 11.0 Å². The van der Waals surface area contributed by atoms with Crippen LogP contribution in [0.1, 0.15) is 110 Å². The standard InChI is InChI=1S/C31H47F3N2O6/c1-9-10-11-12-13-14-17-40-23-16-15-21(18-22(23)31(32,33)34)25(38)35-19-24(37)30(8)20-41-26(28(2,3)4)36(30)27(39)42-29(5,6)7/h15-16,18,26H,9-14,17,19-20H2,1-8H3,(H,35,38)/t26-,30+/m1/s1. The van der Waals surface area contributed by atoms with Crippen LogP contribution in [0.3, 0.4) is 0 Å². The number of benzene rings is 1. The van der Waals surface area contributed by atoms with Gasteiger partial charge in [-0.1, -0.05) is 59.8 Å². The van der Waals surface area contributed by atoms with E-state index >= 15 is 0 Å². The maximum Gasteiger partial charge on any atom is 0.419 e. The number of ketones is 1. The van der Waals surface area contributed by atoms with Gasteiger partial charge < -0.3 is 19.5 Å². The smallest absolute Gasteiger partial charge is 0.419 e. The Labute approximate surface area is 247 Å². The summed E-state index contributed by atoms with van der Waals surface area (Å²) in [5, 5.41) is 2.41. The van der Waals surface area contributed by atoms with Crippen molar-refractivity contribution < 1.29 is 41.8 Å². The molecule has 8 nitrogen and oxygen atoms in total. The van der Waals surface area contributed by atoms with Gasteiger partial charge in [0.1, 0.15) is 23.1 Å². The van der Waals surface area contributed by atoms with Gasteiger partial charge in [-0.15, -0.1) is 0 Å². The van der Waals surface area contributed by atoms with Gasteiger partial charge in [-0.05, 0) is 52.3 Å². The number of unbranched alkanes of at least 4 members (excludes halogenated alkanes) is 5. The number of Topliss-reactive ketones (excluding diaryl/α,β-unsaturated/α-hetero) is 1. The van der Waals surface area contributed by atoms with Crippen molar-refractivity contribution in [2.24, 2.45) is 5.41 Å². The van der Waals surface area contributed by atoms with E-state index in [-0.39, 0.29) is 24.5 Å². The van der Waals surface area contributed by atoms with Crippen molar-refractivity contribution in [3.8, 4) is 5.75 Å².